The van der Waals surface area contributed by atoms with E-state index < -0.39 is 5.41 Å². The van der Waals surface area contributed by atoms with Crippen molar-refractivity contribution in [3.8, 4) is 11.9 Å². The number of nitrogens with zero attached hydrogens (tertiary/aromatic N) is 2. The van der Waals surface area contributed by atoms with Gasteiger partial charge in [0.05, 0.1) is 25.3 Å². The summed E-state index contributed by atoms with van der Waals surface area (Å²) in [6.45, 7) is 0.829. The number of nitrogens with one attached hydrogen (secondary N) is 1. The zero-order chi connectivity index (χ0) is 17.9. The molecule has 3 rings (SSSR count). The van der Waals surface area contributed by atoms with Crippen molar-refractivity contribution in [3.05, 3.63) is 23.9 Å². The molecule has 2 N–H and O–H groups in total. The molecule has 1 amide bonds. The van der Waals surface area contributed by atoms with Crippen LogP contribution in [0.2, 0.25) is 0 Å². The number of ether oxygens (including phenoxy) is 2. The maximum absolute atomic E-state index is 12.9. The Hall–Kier alpha value is -2.17. The van der Waals surface area contributed by atoms with Crippen LogP contribution in [0.4, 0.5) is 0 Å². The molecule has 7 heteroatoms. The first kappa shape index (κ1) is 17.6. The number of aromatic nitrogens is 1. The Labute approximate surface area is 147 Å². The average molecular weight is 345 g/mol. The van der Waals surface area contributed by atoms with Crippen molar-refractivity contribution in [1.82, 2.24) is 10.3 Å². The van der Waals surface area contributed by atoms with E-state index in [0.29, 0.717) is 44.8 Å². The van der Waals surface area contributed by atoms with E-state index in [1.54, 1.807) is 19.4 Å². The van der Waals surface area contributed by atoms with Crippen LogP contribution in [-0.4, -0.2) is 42.4 Å². The number of aliphatic hydroxyl groups excluding tert-OH is 1. The lowest BCUT2D eigenvalue weighted by molar-refractivity contribution is -0.134. The zero-order valence-corrected chi connectivity index (χ0v) is 14.3. The molecular formula is C18H23N3O4. The molecule has 134 valence electrons. The van der Waals surface area contributed by atoms with Crippen molar-refractivity contribution in [2.45, 2.75) is 37.8 Å². The van der Waals surface area contributed by atoms with Crippen molar-refractivity contribution in [1.29, 1.82) is 5.26 Å². The van der Waals surface area contributed by atoms with Crippen LogP contribution in [0.15, 0.2) is 18.3 Å². The van der Waals surface area contributed by atoms with Gasteiger partial charge >= 0.3 is 0 Å². The topological polar surface area (TPSA) is 104 Å². The van der Waals surface area contributed by atoms with Gasteiger partial charge in [-0.1, -0.05) is 6.07 Å². The molecule has 2 aliphatic rings. The first-order valence-electron chi connectivity index (χ1n) is 8.56. The number of hydrogen-bond donors (Lipinski definition) is 2. The third-order valence-electron chi connectivity index (χ3n) is 5.23. The lowest BCUT2D eigenvalue weighted by atomic mass is 9.74. The monoisotopic (exact) mass is 345 g/mol. The number of carbonyl (C=O) groups excluding carboxylic acids is 1. The minimum Gasteiger partial charge on any atom is -0.481 e. The van der Waals surface area contributed by atoms with Gasteiger partial charge in [-0.2, -0.15) is 5.26 Å². The van der Waals surface area contributed by atoms with E-state index in [0.717, 1.165) is 5.56 Å². The van der Waals surface area contributed by atoms with E-state index in [-0.39, 0.29) is 24.0 Å². The smallest absolute Gasteiger partial charge is 0.241 e. The van der Waals surface area contributed by atoms with Gasteiger partial charge in [-0.05, 0) is 37.2 Å². The summed E-state index contributed by atoms with van der Waals surface area (Å²) in [6.07, 6.45) is 3.40. The van der Waals surface area contributed by atoms with Crippen LogP contribution in [0.1, 0.15) is 37.3 Å². The van der Waals surface area contributed by atoms with Crippen LogP contribution in [0.25, 0.3) is 0 Å². The maximum atomic E-state index is 12.9. The van der Waals surface area contributed by atoms with Crippen LogP contribution >= 0.6 is 0 Å². The van der Waals surface area contributed by atoms with E-state index in [1.165, 1.54) is 0 Å². The molecule has 1 aliphatic carbocycles. The SMILES string of the molecule is COc1ccc([C@H](NC(=O)C2(C#N)CCOCC2)C2CC(O)C2)cn1. The van der Waals surface area contributed by atoms with Gasteiger partial charge in [-0.25, -0.2) is 4.98 Å². The molecule has 0 bridgehead atoms. The van der Waals surface area contributed by atoms with E-state index in [2.05, 4.69) is 16.4 Å². The zero-order valence-electron chi connectivity index (χ0n) is 14.3. The summed E-state index contributed by atoms with van der Waals surface area (Å²) in [6, 6.07) is 5.54. The number of nitriles is 1. The normalized spacial score (nSPS) is 26.0. The van der Waals surface area contributed by atoms with Crippen LogP contribution in [0.3, 0.4) is 0 Å². The third kappa shape index (κ3) is 3.60. The summed E-state index contributed by atoms with van der Waals surface area (Å²) in [5, 5.41) is 22.3. The molecule has 1 saturated carbocycles. The highest BCUT2D eigenvalue weighted by molar-refractivity contribution is 5.86. The quantitative estimate of drug-likeness (QED) is 0.834. The second kappa shape index (κ2) is 7.38. The number of carbonyl (C=O) groups is 1. The highest BCUT2D eigenvalue weighted by atomic mass is 16.5. The van der Waals surface area contributed by atoms with Gasteiger partial charge in [0.2, 0.25) is 11.8 Å². The van der Waals surface area contributed by atoms with Crippen molar-refractivity contribution in [2.75, 3.05) is 20.3 Å². The van der Waals surface area contributed by atoms with Crippen molar-refractivity contribution in [2.24, 2.45) is 11.3 Å². The van der Waals surface area contributed by atoms with Gasteiger partial charge in [0.1, 0.15) is 5.41 Å². The molecule has 1 aromatic heterocycles. The largest absolute Gasteiger partial charge is 0.481 e. The fraction of sp³-hybridized carbons (Fsp3) is 0.611. The Morgan fingerprint density at radius 3 is 2.72 bits per heavy atom. The fourth-order valence-corrected chi connectivity index (χ4v) is 3.46. The van der Waals surface area contributed by atoms with Gasteiger partial charge in [-0.3, -0.25) is 4.79 Å². The highest BCUT2D eigenvalue weighted by Gasteiger charge is 2.43. The molecule has 7 nitrogen and oxygen atoms in total. The van der Waals surface area contributed by atoms with Gasteiger partial charge in [-0.15, -0.1) is 0 Å². The summed E-state index contributed by atoms with van der Waals surface area (Å²) < 4.78 is 10.4. The number of amides is 1. The fourth-order valence-electron chi connectivity index (χ4n) is 3.46. The number of aliphatic hydroxyl groups is 1. The summed E-state index contributed by atoms with van der Waals surface area (Å²) in [5.41, 5.74) is -0.190. The molecule has 25 heavy (non-hydrogen) atoms. The van der Waals surface area contributed by atoms with Gasteiger partial charge < -0.3 is 19.9 Å². The number of rotatable bonds is 5. The molecule has 1 aromatic rings. The molecule has 1 aliphatic heterocycles. The van der Waals surface area contributed by atoms with E-state index in [1.807, 2.05) is 6.07 Å². The Morgan fingerprint density at radius 1 is 1.48 bits per heavy atom. The second-order valence-electron chi connectivity index (χ2n) is 6.78. The van der Waals surface area contributed by atoms with E-state index in [4.69, 9.17) is 9.47 Å². The van der Waals surface area contributed by atoms with Gasteiger partial charge in [0.25, 0.3) is 0 Å². The summed E-state index contributed by atoms with van der Waals surface area (Å²) in [5.74, 6) is 0.366. The Morgan fingerprint density at radius 2 is 2.20 bits per heavy atom. The number of pyridine rings is 1. The Balaban J connectivity index is 1.79. The number of hydrogen-bond acceptors (Lipinski definition) is 6. The predicted octanol–water partition coefficient (Wildman–Crippen LogP) is 1.34. The Kier molecular flexibility index (Phi) is 5.21. The maximum Gasteiger partial charge on any atom is 0.241 e. The first-order valence-corrected chi connectivity index (χ1v) is 8.56. The van der Waals surface area contributed by atoms with Crippen molar-refractivity contribution < 1.29 is 19.4 Å². The summed E-state index contributed by atoms with van der Waals surface area (Å²) in [7, 11) is 1.55. The molecule has 1 saturated heterocycles. The van der Waals surface area contributed by atoms with Crippen LogP contribution < -0.4 is 10.1 Å². The summed E-state index contributed by atoms with van der Waals surface area (Å²) >= 11 is 0. The number of methoxy groups -OCH3 is 1. The summed E-state index contributed by atoms with van der Waals surface area (Å²) in [4.78, 5) is 17.1. The van der Waals surface area contributed by atoms with E-state index in [9.17, 15) is 15.2 Å². The van der Waals surface area contributed by atoms with Crippen LogP contribution in [-0.2, 0) is 9.53 Å². The third-order valence-corrected chi connectivity index (χ3v) is 5.23. The minimum absolute atomic E-state index is 0.129. The van der Waals surface area contributed by atoms with Crippen molar-refractivity contribution in [3.63, 3.8) is 0 Å². The lowest BCUT2D eigenvalue weighted by Gasteiger charge is -2.40. The highest BCUT2D eigenvalue weighted by Crippen LogP contribution is 2.39. The van der Waals surface area contributed by atoms with Gasteiger partial charge in [0.15, 0.2) is 0 Å². The molecular weight excluding hydrogens is 322 g/mol. The van der Waals surface area contributed by atoms with Gasteiger partial charge in [0, 0.05) is 25.5 Å². The van der Waals surface area contributed by atoms with Crippen molar-refractivity contribution >= 4 is 5.91 Å². The second-order valence-corrected chi connectivity index (χ2v) is 6.78. The van der Waals surface area contributed by atoms with Crippen LogP contribution in [0, 0.1) is 22.7 Å². The molecule has 2 fully saturated rings. The van der Waals surface area contributed by atoms with Crippen LogP contribution in [0.5, 0.6) is 5.88 Å². The Bertz CT molecular complexity index is 643. The first-order chi connectivity index (χ1) is 12.1. The molecule has 0 unspecified atom stereocenters. The molecule has 0 radical (unpaired) electrons. The molecule has 1 atom stereocenters. The minimum atomic E-state index is -1.04. The van der Waals surface area contributed by atoms with E-state index >= 15 is 0 Å². The predicted molar refractivity (Wildman–Crippen MR) is 88.5 cm³/mol. The molecule has 0 aromatic carbocycles. The lowest BCUT2D eigenvalue weighted by Crippen LogP contribution is -2.48. The molecule has 0 spiro atoms. The average Bonchev–Trinajstić information content (AvgIpc) is 2.64. The molecule has 2 heterocycles. The standard InChI is InChI=1S/C18H23N3O4/c1-24-15-3-2-12(10-20-15)16(13-8-14(22)9-13)21-17(23)18(11-19)4-6-25-7-5-18/h2-3,10,13-14,16,22H,4-9H2,1H3,(H,21,23)/t13?,14?,16-/m0/s1.